The van der Waals surface area contributed by atoms with Crippen molar-refractivity contribution in [1.82, 2.24) is 0 Å². The van der Waals surface area contributed by atoms with Gasteiger partial charge in [-0.3, -0.25) is 9.59 Å². The summed E-state index contributed by atoms with van der Waals surface area (Å²) in [6, 6.07) is -0.736. The molecule has 0 bridgehead atoms. The Balaban J connectivity index is 4.38. The van der Waals surface area contributed by atoms with Crippen LogP contribution in [0.15, 0.2) is 85.1 Å². The van der Waals surface area contributed by atoms with Gasteiger partial charge in [-0.25, -0.2) is 0 Å². The molecule has 2 unspecified atom stereocenters. The second-order valence-corrected chi connectivity index (χ2v) is 16.3. The van der Waals surface area contributed by atoms with E-state index in [1.165, 1.54) is 32.1 Å². The van der Waals surface area contributed by atoms with E-state index in [1.807, 2.05) is 0 Å². The third-order valence-corrected chi connectivity index (χ3v) is 9.77. The minimum Gasteiger partial charge on any atom is -0.544 e. The molecule has 0 aromatic carbocycles. The minimum atomic E-state index is -1.13. The summed E-state index contributed by atoms with van der Waals surface area (Å²) in [6.45, 7) is 4.47. The van der Waals surface area contributed by atoms with Crippen LogP contribution in [0.25, 0.3) is 0 Å². The lowest BCUT2D eigenvalue weighted by Gasteiger charge is -2.34. The molecule has 0 heterocycles. The standard InChI is InChI=1S/C51H85NO7/c1-6-8-10-12-14-16-18-20-21-22-23-24-25-26-27-28-29-30-32-34-36-38-40-42-50(54)59-47(45-57-44-43-48(51(55)56)52(3,4)5)46-58-49(53)41-39-37-35-33-31-19-17-15-13-11-9-7-2/h8,10,14-17,20-21,23-24,26-27,29-30,47-48H,6-7,9,11-13,18-19,22,25,28,31-46H2,1-5H3/b10-8+,16-14+,17-15+,21-20+,24-23+,27-26+,30-29+. The average Bonchev–Trinajstić information content (AvgIpc) is 3.19. The van der Waals surface area contributed by atoms with Gasteiger partial charge in [-0.1, -0.05) is 144 Å². The highest BCUT2D eigenvalue weighted by Crippen LogP contribution is 2.12. The van der Waals surface area contributed by atoms with Crippen molar-refractivity contribution in [3.05, 3.63) is 85.1 Å². The highest BCUT2D eigenvalue weighted by atomic mass is 16.6. The van der Waals surface area contributed by atoms with Crippen molar-refractivity contribution in [2.45, 2.75) is 180 Å². The molecule has 0 rings (SSSR count). The van der Waals surface area contributed by atoms with Crippen molar-refractivity contribution in [2.75, 3.05) is 41.0 Å². The molecule has 0 aliphatic heterocycles. The van der Waals surface area contributed by atoms with Crippen LogP contribution in [-0.4, -0.2) is 75.5 Å². The summed E-state index contributed by atoms with van der Waals surface area (Å²) in [5, 5.41) is 11.6. The van der Waals surface area contributed by atoms with Gasteiger partial charge < -0.3 is 28.6 Å². The van der Waals surface area contributed by atoms with Gasteiger partial charge in [0.25, 0.3) is 0 Å². The quantitative estimate of drug-likeness (QED) is 0.0262. The first-order chi connectivity index (χ1) is 28.6. The fraction of sp³-hybridized carbons (Fsp3) is 0.667. The first-order valence-corrected chi connectivity index (χ1v) is 23.1. The summed E-state index contributed by atoms with van der Waals surface area (Å²) in [6.07, 6.45) is 53.2. The number of hydrogen-bond donors (Lipinski definition) is 0. The number of carboxylic acids is 1. The van der Waals surface area contributed by atoms with Crippen molar-refractivity contribution in [3.8, 4) is 0 Å². The van der Waals surface area contributed by atoms with E-state index in [4.69, 9.17) is 14.2 Å². The van der Waals surface area contributed by atoms with E-state index in [0.29, 0.717) is 6.42 Å². The fourth-order valence-corrected chi connectivity index (χ4v) is 6.18. The predicted molar refractivity (Wildman–Crippen MR) is 245 cm³/mol. The molecule has 8 heteroatoms. The van der Waals surface area contributed by atoms with Crippen LogP contribution >= 0.6 is 0 Å². The van der Waals surface area contributed by atoms with Gasteiger partial charge in [0, 0.05) is 19.3 Å². The Kier molecular flexibility index (Phi) is 38.8. The maximum absolute atomic E-state index is 12.7. The number of aliphatic carboxylic acids is 1. The molecule has 0 aliphatic carbocycles. The summed E-state index contributed by atoms with van der Waals surface area (Å²) in [4.78, 5) is 36.9. The van der Waals surface area contributed by atoms with Gasteiger partial charge in [0.1, 0.15) is 12.6 Å². The zero-order valence-corrected chi connectivity index (χ0v) is 38.1. The lowest BCUT2D eigenvalue weighted by atomic mass is 10.1. The van der Waals surface area contributed by atoms with Crippen molar-refractivity contribution in [3.63, 3.8) is 0 Å². The van der Waals surface area contributed by atoms with E-state index >= 15 is 0 Å². The van der Waals surface area contributed by atoms with Crippen molar-refractivity contribution >= 4 is 17.9 Å². The number of carbonyl (C=O) groups excluding carboxylic acids is 3. The third kappa shape index (κ3) is 39.7. The highest BCUT2D eigenvalue weighted by Gasteiger charge is 2.25. The summed E-state index contributed by atoms with van der Waals surface area (Å²) in [7, 11) is 5.39. The summed E-state index contributed by atoms with van der Waals surface area (Å²) in [5.41, 5.74) is 0. The Morgan fingerprint density at radius 2 is 0.949 bits per heavy atom. The number of likely N-dealkylation sites (N-methyl/N-ethyl adjacent to an activating group) is 1. The number of esters is 2. The van der Waals surface area contributed by atoms with Crippen LogP contribution in [0.2, 0.25) is 0 Å². The molecule has 336 valence electrons. The number of nitrogens with zero attached hydrogens (tertiary/aromatic N) is 1. The summed E-state index contributed by atoms with van der Waals surface area (Å²) >= 11 is 0. The molecule has 0 spiro atoms. The highest BCUT2D eigenvalue weighted by molar-refractivity contribution is 5.70. The first-order valence-electron chi connectivity index (χ1n) is 23.1. The molecule has 0 N–H and O–H groups in total. The maximum atomic E-state index is 12.7. The van der Waals surface area contributed by atoms with Gasteiger partial charge in [0.2, 0.25) is 0 Å². The molecular weight excluding hydrogens is 739 g/mol. The smallest absolute Gasteiger partial charge is 0.306 e. The second-order valence-electron chi connectivity index (χ2n) is 16.3. The van der Waals surface area contributed by atoms with Crippen LogP contribution in [-0.2, 0) is 28.6 Å². The molecule has 0 aliphatic rings. The molecule has 0 saturated carbocycles. The number of carbonyl (C=O) groups is 3. The van der Waals surface area contributed by atoms with Crippen LogP contribution in [0.4, 0.5) is 0 Å². The molecule has 8 nitrogen and oxygen atoms in total. The van der Waals surface area contributed by atoms with E-state index < -0.39 is 18.1 Å². The van der Waals surface area contributed by atoms with Crippen molar-refractivity contribution < 1.29 is 38.2 Å². The van der Waals surface area contributed by atoms with Crippen molar-refractivity contribution in [2.24, 2.45) is 0 Å². The SMILES string of the molecule is CC/C=C/C/C=C/C/C=C/C/C=C/C/C=C/C/C=C/CCCCCCC(=O)OC(COCCC(C(=O)[O-])[N+](C)(C)C)COC(=O)CCCCCCC/C=C/CCCCC. The van der Waals surface area contributed by atoms with Crippen molar-refractivity contribution in [1.29, 1.82) is 0 Å². The van der Waals surface area contributed by atoms with E-state index in [2.05, 4.69) is 98.9 Å². The normalized spacial score (nSPS) is 13.7. The molecule has 0 amide bonds. The van der Waals surface area contributed by atoms with E-state index in [9.17, 15) is 19.5 Å². The fourth-order valence-electron chi connectivity index (χ4n) is 6.18. The zero-order valence-electron chi connectivity index (χ0n) is 38.1. The summed E-state index contributed by atoms with van der Waals surface area (Å²) < 4.78 is 17.1. The number of ether oxygens (including phenoxy) is 3. The number of allylic oxidation sites excluding steroid dienone is 14. The number of rotatable bonds is 40. The largest absolute Gasteiger partial charge is 0.544 e. The number of unbranched alkanes of at least 4 members (excludes halogenated alkanes) is 12. The molecule has 2 atom stereocenters. The van der Waals surface area contributed by atoms with Gasteiger partial charge in [-0.15, -0.1) is 0 Å². The van der Waals surface area contributed by atoms with Gasteiger partial charge in [-0.05, 0) is 89.9 Å². The summed E-state index contributed by atoms with van der Waals surface area (Å²) in [5.74, 6) is -1.79. The Morgan fingerprint density at radius 3 is 1.42 bits per heavy atom. The second kappa shape index (κ2) is 41.3. The third-order valence-electron chi connectivity index (χ3n) is 9.77. The molecular formula is C51H85NO7. The molecule has 59 heavy (non-hydrogen) atoms. The number of quaternary nitrogens is 1. The Labute approximate surface area is 361 Å². The molecule has 0 aromatic heterocycles. The average molecular weight is 824 g/mol. The Hall–Kier alpha value is -3.49. The van der Waals surface area contributed by atoms with Gasteiger partial charge >= 0.3 is 11.9 Å². The van der Waals surface area contributed by atoms with Crippen LogP contribution in [0.5, 0.6) is 0 Å². The van der Waals surface area contributed by atoms with Gasteiger partial charge in [0.05, 0.1) is 40.3 Å². The molecule has 0 radical (unpaired) electrons. The van der Waals surface area contributed by atoms with Crippen LogP contribution in [0, 0.1) is 0 Å². The minimum absolute atomic E-state index is 0.0228. The first kappa shape index (κ1) is 55.5. The van der Waals surface area contributed by atoms with Crippen LogP contribution < -0.4 is 5.11 Å². The van der Waals surface area contributed by atoms with Gasteiger partial charge in [-0.2, -0.15) is 0 Å². The van der Waals surface area contributed by atoms with Crippen LogP contribution in [0.1, 0.15) is 168 Å². The Bertz CT molecular complexity index is 1240. The molecule has 0 aromatic rings. The Morgan fingerprint density at radius 1 is 0.525 bits per heavy atom. The topological polar surface area (TPSA) is 102 Å². The monoisotopic (exact) mass is 824 g/mol. The molecule has 0 saturated heterocycles. The van der Waals surface area contributed by atoms with Gasteiger partial charge in [0.15, 0.2) is 6.10 Å². The lowest BCUT2D eigenvalue weighted by Crippen LogP contribution is -2.55. The zero-order chi connectivity index (χ0) is 43.5. The predicted octanol–water partition coefficient (Wildman–Crippen LogP) is 11.6. The number of hydrogen-bond acceptors (Lipinski definition) is 7. The van der Waals surface area contributed by atoms with E-state index in [1.54, 1.807) is 21.1 Å². The maximum Gasteiger partial charge on any atom is 0.306 e. The van der Waals surface area contributed by atoms with E-state index in [0.717, 1.165) is 103 Å². The van der Waals surface area contributed by atoms with E-state index in [-0.39, 0.29) is 49.1 Å². The lowest BCUT2D eigenvalue weighted by molar-refractivity contribution is -0.889. The molecule has 0 fully saturated rings. The van der Waals surface area contributed by atoms with Crippen LogP contribution in [0.3, 0.4) is 0 Å². The number of carboxylic acid groups (broad SMARTS) is 1.